The molecule has 1 amide bonds. The number of nitrogens with two attached hydrogens (primary N) is 1. The van der Waals surface area contributed by atoms with Gasteiger partial charge >= 0.3 is 0 Å². The van der Waals surface area contributed by atoms with Crippen molar-refractivity contribution in [3.63, 3.8) is 0 Å². The number of hydrogen-bond donors (Lipinski definition) is 2. The van der Waals surface area contributed by atoms with Gasteiger partial charge in [-0.2, -0.15) is 0 Å². The van der Waals surface area contributed by atoms with E-state index >= 15 is 0 Å². The van der Waals surface area contributed by atoms with Crippen molar-refractivity contribution in [3.8, 4) is 11.5 Å². The molecule has 2 aromatic rings. The van der Waals surface area contributed by atoms with Crippen LogP contribution >= 0.6 is 11.8 Å². The molecule has 0 radical (unpaired) electrons. The second-order valence-corrected chi connectivity index (χ2v) is 8.95. The van der Waals surface area contributed by atoms with Gasteiger partial charge in [0.1, 0.15) is 0 Å². The van der Waals surface area contributed by atoms with Crippen LogP contribution in [-0.4, -0.2) is 32.8 Å². The lowest BCUT2D eigenvalue weighted by molar-refractivity contribution is -0.115. The molecule has 7 nitrogen and oxygen atoms in total. The van der Waals surface area contributed by atoms with E-state index in [4.69, 9.17) is 14.6 Å². The maximum atomic E-state index is 12.4. The molecule has 1 unspecified atom stereocenters. The summed E-state index contributed by atoms with van der Waals surface area (Å²) < 4.78 is 33.8. The van der Waals surface area contributed by atoms with Crippen LogP contribution in [0, 0.1) is 0 Å². The summed E-state index contributed by atoms with van der Waals surface area (Å²) in [6.45, 7) is 3.02. The monoisotopic (exact) mass is 408 g/mol. The molecule has 144 valence electrons. The summed E-state index contributed by atoms with van der Waals surface area (Å²) in [6.07, 6.45) is 0.834. The minimum absolute atomic E-state index is 0.00452. The van der Waals surface area contributed by atoms with Crippen LogP contribution < -0.4 is 19.9 Å². The van der Waals surface area contributed by atoms with E-state index in [1.54, 1.807) is 6.92 Å². The van der Waals surface area contributed by atoms with Crippen LogP contribution in [0.25, 0.3) is 0 Å². The van der Waals surface area contributed by atoms with Crippen molar-refractivity contribution < 1.29 is 22.7 Å². The van der Waals surface area contributed by atoms with E-state index in [-0.39, 0.29) is 16.1 Å². The summed E-state index contributed by atoms with van der Waals surface area (Å²) in [5.41, 5.74) is 0.499. The number of rotatable bonds is 5. The Bertz CT molecular complexity index is 929. The number of anilines is 1. The van der Waals surface area contributed by atoms with Gasteiger partial charge in [0.2, 0.25) is 15.9 Å². The third-order valence-electron chi connectivity index (χ3n) is 3.85. The highest BCUT2D eigenvalue weighted by molar-refractivity contribution is 8.00. The smallest absolute Gasteiger partial charge is 0.238 e. The van der Waals surface area contributed by atoms with E-state index in [0.717, 1.165) is 11.3 Å². The first-order chi connectivity index (χ1) is 12.8. The lowest BCUT2D eigenvalue weighted by atomic mass is 10.3. The van der Waals surface area contributed by atoms with Gasteiger partial charge in [-0.15, -0.1) is 11.8 Å². The van der Waals surface area contributed by atoms with E-state index in [1.165, 1.54) is 36.0 Å². The maximum absolute atomic E-state index is 12.4. The Hall–Kier alpha value is -2.23. The lowest BCUT2D eigenvalue weighted by Crippen LogP contribution is -2.22. The average molecular weight is 409 g/mol. The van der Waals surface area contributed by atoms with Gasteiger partial charge in [0.15, 0.2) is 11.5 Å². The molecule has 1 atom stereocenters. The molecule has 0 fully saturated rings. The predicted octanol–water partition coefficient (Wildman–Crippen LogP) is 2.61. The fourth-order valence-electron chi connectivity index (χ4n) is 2.45. The first-order valence-electron chi connectivity index (χ1n) is 8.33. The van der Waals surface area contributed by atoms with Crippen molar-refractivity contribution in [2.24, 2.45) is 5.14 Å². The summed E-state index contributed by atoms with van der Waals surface area (Å²) in [5.74, 6) is 1.20. The van der Waals surface area contributed by atoms with Gasteiger partial charge in [0.05, 0.1) is 23.4 Å². The molecule has 0 saturated carbocycles. The molecular formula is C18H20N2O5S2. The molecule has 9 heteroatoms. The number of fused-ring (bicyclic) bond motifs is 1. The maximum Gasteiger partial charge on any atom is 0.238 e. The molecular weight excluding hydrogens is 388 g/mol. The minimum atomic E-state index is -3.75. The Morgan fingerprint density at radius 1 is 1.11 bits per heavy atom. The van der Waals surface area contributed by atoms with E-state index < -0.39 is 10.0 Å². The zero-order chi connectivity index (χ0) is 19.4. The van der Waals surface area contributed by atoms with Gasteiger partial charge < -0.3 is 14.8 Å². The molecule has 0 aromatic heterocycles. The van der Waals surface area contributed by atoms with Gasteiger partial charge in [-0.25, -0.2) is 13.6 Å². The van der Waals surface area contributed by atoms with Crippen LogP contribution in [0.4, 0.5) is 5.69 Å². The number of primary sulfonamides is 1. The topological polar surface area (TPSA) is 108 Å². The zero-order valence-corrected chi connectivity index (χ0v) is 16.3. The standard InChI is InChI=1S/C18H20N2O5S2/c1-12(18(21)20-13-3-6-15(7-4-13)27(19,22)23)26-14-5-8-16-17(11-14)25-10-2-9-24-16/h3-8,11-12H,2,9-10H2,1H3,(H,20,21)(H2,19,22,23). The Kier molecular flexibility index (Phi) is 5.93. The third kappa shape index (κ3) is 5.15. The fraction of sp³-hybridized carbons (Fsp3) is 0.278. The van der Waals surface area contributed by atoms with Crippen molar-refractivity contribution in [1.82, 2.24) is 0 Å². The number of carbonyl (C=O) groups is 1. The number of nitrogens with one attached hydrogen (secondary N) is 1. The van der Waals surface area contributed by atoms with Crippen LogP contribution in [0.5, 0.6) is 11.5 Å². The van der Waals surface area contributed by atoms with Crippen LogP contribution in [0.2, 0.25) is 0 Å². The van der Waals surface area contributed by atoms with Crippen LogP contribution in [-0.2, 0) is 14.8 Å². The van der Waals surface area contributed by atoms with Crippen molar-refractivity contribution in [3.05, 3.63) is 42.5 Å². The van der Waals surface area contributed by atoms with Crippen LogP contribution in [0.3, 0.4) is 0 Å². The molecule has 0 aliphatic carbocycles. The Balaban J connectivity index is 1.63. The second-order valence-electron chi connectivity index (χ2n) is 5.98. The van der Waals surface area contributed by atoms with E-state index in [2.05, 4.69) is 5.32 Å². The number of benzene rings is 2. The SMILES string of the molecule is CC(Sc1ccc2c(c1)OCCCO2)C(=O)Nc1ccc(S(N)(=O)=O)cc1. The Morgan fingerprint density at radius 2 is 1.78 bits per heavy atom. The first kappa shape index (κ1) is 19.5. The molecule has 3 N–H and O–H groups in total. The average Bonchev–Trinajstić information content (AvgIpc) is 2.86. The quantitative estimate of drug-likeness (QED) is 0.737. The van der Waals surface area contributed by atoms with Crippen molar-refractivity contribution in [1.29, 1.82) is 0 Å². The number of thioether (sulfide) groups is 1. The highest BCUT2D eigenvalue weighted by Gasteiger charge is 2.17. The Labute approximate surface area is 162 Å². The highest BCUT2D eigenvalue weighted by Crippen LogP contribution is 2.35. The van der Waals surface area contributed by atoms with Crippen molar-refractivity contribution in [2.75, 3.05) is 18.5 Å². The number of carbonyl (C=O) groups excluding carboxylic acids is 1. The molecule has 1 heterocycles. The summed E-state index contributed by atoms with van der Waals surface area (Å²) in [4.78, 5) is 13.3. The molecule has 2 aromatic carbocycles. The summed E-state index contributed by atoms with van der Waals surface area (Å²) in [7, 11) is -3.75. The van der Waals surface area contributed by atoms with Crippen LogP contribution in [0.1, 0.15) is 13.3 Å². The number of sulfonamides is 1. The number of hydrogen-bond acceptors (Lipinski definition) is 6. The molecule has 0 bridgehead atoms. The summed E-state index contributed by atoms with van der Waals surface area (Å²) >= 11 is 1.39. The Morgan fingerprint density at radius 3 is 2.44 bits per heavy atom. The predicted molar refractivity (Wildman–Crippen MR) is 104 cm³/mol. The fourth-order valence-corrected chi connectivity index (χ4v) is 3.86. The second kappa shape index (κ2) is 8.20. The van der Waals surface area contributed by atoms with Gasteiger partial charge in [-0.1, -0.05) is 0 Å². The molecule has 1 aliphatic rings. The first-order valence-corrected chi connectivity index (χ1v) is 10.8. The summed E-state index contributed by atoms with van der Waals surface area (Å²) in [6, 6.07) is 11.3. The van der Waals surface area contributed by atoms with E-state index in [9.17, 15) is 13.2 Å². The van der Waals surface area contributed by atoms with E-state index in [1.807, 2.05) is 18.2 Å². The van der Waals surface area contributed by atoms with Gasteiger partial charge in [0, 0.05) is 17.0 Å². The molecule has 27 heavy (non-hydrogen) atoms. The van der Waals surface area contributed by atoms with Crippen LogP contribution in [0.15, 0.2) is 52.3 Å². The number of amides is 1. The largest absolute Gasteiger partial charge is 0.490 e. The van der Waals surface area contributed by atoms with Gasteiger partial charge in [-0.3, -0.25) is 4.79 Å². The van der Waals surface area contributed by atoms with Gasteiger partial charge in [0.25, 0.3) is 0 Å². The third-order valence-corrected chi connectivity index (χ3v) is 5.87. The zero-order valence-electron chi connectivity index (χ0n) is 14.7. The normalized spacial score (nSPS) is 14.9. The molecule has 0 saturated heterocycles. The molecule has 0 spiro atoms. The minimum Gasteiger partial charge on any atom is -0.490 e. The van der Waals surface area contributed by atoms with Crippen molar-refractivity contribution >= 4 is 33.4 Å². The lowest BCUT2D eigenvalue weighted by Gasteiger charge is -2.14. The highest BCUT2D eigenvalue weighted by atomic mass is 32.2. The number of ether oxygens (including phenoxy) is 2. The van der Waals surface area contributed by atoms with E-state index in [0.29, 0.717) is 30.4 Å². The molecule has 3 rings (SSSR count). The van der Waals surface area contributed by atoms with Crippen molar-refractivity contribution in [2.45, 2.75) is 28.4 Å². The molecule has 1 aliphatic heterocycles. The van der Waals surface area contributed by atoms with Gasteiger partial charge in [-0.05, 0) is 49.4 Å². The summed E-state index contributed by atoms with van der Waals surface area (Å²) in [5, 5.41) is 7.46.